The number of nitrogens with one attached hydrogen (secondary N) is 1. The van der Waals surface area contributed by atoms with Gasteiger partial charge in [0, 0.05) is 15.1 Å². The van der Waals surface area contributed by atoms with Gasteiger partial charge in [0.05, 0.1) is 10.2 Å². The van der Waals surface area contributed by atoms with Crippen molar-refractivity contribution in [1.29, 1.82) is 0 Å². The number of amides is 4. The number of imide groups is 2. The Bertz CT molecular complexity index is 1360. The van der Waals surface area contributed by atoms with Crippen LogP contribution in [0.15, 0.2) is 75.2 Å². The number of rotatable bonds is 5. The highest BCUT2D eigenvalue weighted by Crippen LogP contribution is 2.31. The maximum Gasteiger partial charge on any atom is 0.335 e. The molecule has 9 heteroatoms. The third-order valence-electron chi connectivity index (χ3n) is 5.12. The standard InChI is InChI=1S/C25H17Br2ClN2O4/c1-14-6-8-17(28)12-21(14)30-24(32)18(23(31)29-25(30)33)10-15-7-9-22(20(27)11-15)34-13-16-4-2-3-5-19(16)26/h2-12H,13H2,1H3,(H,29,31,33)/b18-10+. The summed E-state index contributed by atoms with van der Waals surface area (Å²) >= 11 is 13.0. The van der Waals surface area contributed by atoms with Gasteiger partial charge < -0.3 is 4.74 Å². The highest BCUT2D eigenvalue weighted by Gasteiger charge is 2.37. The van der Waals surface area contributed by atoms with E-state index in [0.29, 0.717) is 38.7 Å². The summed E-state index contributed by atoms with van der Waals surface area (Å²) in [5.74, 6) is -0.899. The maximum atomic E-state index is 13.1. The van der Waals surface area contributed by atoms with Crippen LogP contribution in [0, 0.1) is 6.92 Å². The normalized spacial score (nSPS) is 15.0. The van der Waals surface area contributed by atoms with Crippen LogP contribution in [0.4, 0.5) is 10.5 Å². The molecule has 6 nitrogen and oxygen atoms in total. The third kappa shape index (κ3) is 5.09. The lowest BCUT2D eigenvalue weighted by Gasteiger charge is -2.27. The van der Waals surface area contributed by atoms with Crippen molar-refractivity contribution in [3.05, 3.63) is 96.9 Å². The first kappa shape index (κ1) is 24.2. The molecular weight excluding hydrogens is 588 g/mol. The molecule has 34 heavy (non-hydrogen) atoms. The second kappa shape index (κ2) is 10.1. The number of hydrogen-bond acceptors (Lipinski definition) is 4. The minimum absolute atomic E-state index is 0.173. The molecule has 1 fully saturated rings. The molecule has 0 saturated carbocycles. The molecule has 172 valence electrons. The summed E-state index contributed by atoms with van der Waals surface area (Å²) in [5.41, 5.74) is 2.37. The number of hydrogen-bond donors (Lipinski definition) is 1. The summed E-state index contributed by atoms with van der Waals surface area (Å²) in [4.78, 5) is 39.0. The SMILES string of the molecule is Cc1ccc(Cl)cc1N1C(=O)NC(=O)/C(=C\c2ccc(OCc3ccccc3Br)c(Br)c2)C1=O. The molecule has 0 bridgehead atoms. The molecule has 0 radical (unpaired) electrons. The van der Waals surface area contributed by atoms with Crippen LogP contribution in [0.3, 0.4) is 0 Å². The van der Waals surface area contributed by atoms with Crippen molar-refractivity contribution in [2.45, 2.75) is 13.5 Å². The van der Waals surface area contributed by atoms with E-state index in [-0.39, 0.29) is 5.57 Å². The fourth-order valence-electron chi connectivity index (χ4n) is 3.36. The van der Waals surface area contributed by atoms with Gasteiger partial charge in [-0.05, 0) is 70.4 Å². The molecule has 4 amide bonds. The largest absolute Gasteiger partial charge is 0.488 e. The van der Waals surface area contributed by atoms with Crippen LogP contribution in [-0.2, 0) is 16.2 Å². The minimum atomic E-state index is -0.825. The molecule has 0 unspecified atom stereocenters. The van der Waals surface area contributed by atoms with Gasteiger partial charge in [0.25, 0.3) is 11.8 Å². The number of benzene rings is 3. The van der Waals surface area contributed by atoms with Crippen molar-refractivity contribution in [2.75, 3.05) is 4.90 Å². The number of ether oxygens (including phenoxy) is 1. The van der Waals surface area contributed by atoms with Gasteiger partial charge >= 0.3 is 6.03 Å². The first-order valence-electron chi connectivity index (χ1n) is 10.1. The van der Waals surface area contributed by atoms with Crippen molar-refractivity contribution in [2.24, 2.45) is 0 Å². The van der Waals surface area contributed by atoms with E-state index in [1.807, 2.05) is 24.3 Å². The van der Waals surface area contributed by atoms with E-state index in [1.54, 1.807) is 37.3 Å². The molecule has 3 aromatic carbocycles. The smallest absolute Gasteiger partial charge is 0.335 e. The number of barbiturate groups is 1. The number of nitrogens with zero attached hydrogens (tertiary/aromatic N) is 1. The second-order valence-electron chi connectivity index (χ2n) is 7.46. The first-order valence-corrected chi connectivity index (χ1v) is 12.0. The number of halogens is 3. The Labute approximate surface area is 217 Å². The third-order valence-corrected chi connectivity index (χ3v) is 6.75. The Kier molecular flexibility index (Phi) is 7.21. The average Bonchev–Trinajstić information content (AvgIpc) is 2.79. The fraction of sp³-hybridized carbons (Fsp3) is 0.0800. The summed E-state index contributed by atoms with van der Waals surface area (Å²) in [5, 5.41) is 2.59. The van der Waals surface area contributed by atoms with Crippen molar-refractivity contribution < 1.29 is 19.1 Å². The summed E-state index contributed by atoms with van der Waals surface area (Å²) < 4.78 is 7.49. The molecule has 1 N–H and O–H groups in total. The van der Waals surface area contributed by atoms with Gasteiger partial charge in [-0.1, -0.05) is 57.9 Å². The zero-order chi connectivity index (χ0) is 24.4. The molecule has 0 aromatic heterocycles. The fourth-order valence-corrected chi connectivity index (χ4v) is 4.44. The first-order chi connectivity index (χ1) is 16.2. The van der Waals surface area contributed by atoms with E-state index in [4.69, 9.17) is 16.3 Å². The van der Waals surface area contributed by atoms with Crippen LogP contribution in [0.1, 0.15) is 16.7 Å². The Morgan fingerprint density at radius 2 is 1.76 bits per heavy atom. The number of carbonyl (C=O) groups is 3. The van der Waals surface area contributed by atoms with Gasteiger partial charge in [-0.2, -0.15) is 0 Å². The monoisotopic (exact) mass is 602 g/mol. The van der Waals surface area contributed by atoms with Crippen LogP contribution >= 0.6 is 43.5 Å². The summed E-state index contributed by atoms with van der Waals surface area (Å²) in [7, 11) is 0. The van der Waals surface area contributed by atoms with Crippen molar-refractivity contribution in [3.8, 4) is 5.75 Å². The van der Waals surface area contributed by atoms with Crippen molar-refractivity contribution >= 4 is 73.1 Å². The zero-order valence-corrected chi connectivity index (χ0v) is 21.7. The molecule has 1 aliphatic heterocycles. The van der Waals surface area contributed by atoms with E-state index in [2.05, 4.69) is 37.2 Å². The summed E-state index contributed by atoms with van der Waals surface area (Å²) in [6.07, 6.45) is 1.43. The lowest BCUT2D eigenvalue weighted by molar-refractivity contribution is -0.122. The highest BCUT2D eigenvalue weighted by atomic mass is 79.9. The van der Waals surface area contributed by atoms with Crippen LogP contribution < -0.4 is 15.0 Å². The predicted molar refractivity (Wildman–Crippen MR) is 138 cm³/mol. The molecule has 4 rings (SSSR count). The number of anilines is 1. The van der Waals surface area contributed by atoms with Crippen LogP contribution in [-0.4, -0.2) is 17.8 Å². The maximum absolute atomic E-state index is 13.1. The van der Waals surface area contributed by atoms with Gasteiger partial charge in [-0.25, -0.2) is 9.69 Å². The molecule has 1 heterocycles. The van der Waals surface area contributed by atoms with Gasteiger partial charge in [0.1, 0.15) is 17.9 Å². The second-order valence-corrected chi connectivity index (χ2v) is 9.60. The van der Waals surface area contributed by atoms with Crippen molar-refractivity contribution in [3.63, 3.8) is 0 Å². The van der Waals surface area contributed by atoms with Gasteiger partial charge in [-0.15, -0.1) is 0 Å². The average molecular weight is 605 g/mol. The lowest BCUT2D eigenvalue weighted by atomic mass is 10.1. The summed E-state index contributed by atoms with van der Waals surface area (Å²) in [6.45, 7) is 2.10. The summed E-state index contributed by atoms with van der Waals surface area (Å²) in [6, 6.07) is 17.0. The Morgan fingerprint density at radius 3 is 2.50 bits per heavy atom. The highest BCUT2D eigenvalue weighted by molar-refractivity contribution is 9.10. The Hall–Kier alpha value is -2.94. The van der Waals surface area contributed by atoms with Crippen molar-refractivity contribution in [1.82, 2.24) is 5.32 Å². The molecule has 0 spiro atoms. The van der Waals surface area contributed by atoms with Crippen LogP contribution in [0.2, 0.25) is 5.02 Å². The lowest BCUT2D eigenvalue weighted by Crippen LogP contribution is -2.54. The number of urea groups is 1. The molecule has 0 atom stereocenters. The van der Waals surface area contributed by atoms with E-state index < -0.39 is 17.8 Å². The zero-order valence-electron chi connectivity index (χ0n) is 17.8. The van der Waals surface area contributed by atoms with E-state index in [1.165, 1.54) is 12.1 Å². The van der Waals surface area contributed by atoms with E-state index >= 15 is 0 Å². The van der Waals surface area contributed by atoms with E-state index in [0.717, 1.165) is 14.9 Å². The molecule has 3 aromatic rings. The molecule has 1 saturated heterocycles. The van der Waals surface area contributed by atoms with Crippen LogP contribution in [0.5, 0.6) is 5.75 Å². The molecule has 0 aliphatic carbocycles. The molecular formula is C25H17Br2ClN2O4. The predicted octanol–water partition coefficient (Wildman–Crippen LogP) is 6.42. The van der Waals surface area contributed by atoms with E-state index in [9.17, 15) is 14.4 Å². The van der Waals surface area contributed by atoms with Gasteiger partial charge in [0.15, 0.2) is 0 Å². The topological polar surface area (TPSA) is 75.7 Å². The molecule has 1 aliphatic rings. The minimum Gasteiger partial charge on any atom is -0.488 e. The number of aryl methyl sites for hydroxylation is 1. The van der Waals surface area contributed by atoms with Gasteiger partial charge in [0.2, 0.25) is 0 Å². The Morgan fingerprint density at radius 1 is 1.00 bits per heavy atom. The Balaban J connectivity index is 1.60. The number of carbonyl (C=O) groups excluding carboxylic acids is 3. The van der Waals surface area contributed by atoms with Crippen LogP contribution in [0.25, 0.3) is 6.08 Å². The van der Waals surface area contributed by atoms with Gasteiger partial charge in [-0.3, -0.25) is 14.9 Å². The quantitative estimate of drug-likeness (QED) is 0.270.